The lowest BCUT2D eigenvalue weighted by Gasteiger charge is -2.36. The lowest BCUT2D eigenvalue weighted by atomic mass is 9.91. The van der Waals surface area contributed by atoms with Crippen LogP contribution in [-0.2, 0) is 39.7 Å². The molecule has 0 spiro atoms. The van der Waals surface area contributed by atoms with Crippen LogP contribution in [0.15, 0.2) is 72.3 Å². The van der Waals surface area contributed by atoms with Gasteiger partial charge in [-0.3, -0.25) is 4.90 Å². The number of hydrogen-bond acceptors (Lipinski definition) is 7. The zero-order valence-electron chi connectivity index (χ0n) is 30.5. The Labute approximate surface area is 302 Å². The van der Waals surface area contributed by atoms with Gasteiger partial charge in [-0.05, 0) is 44.7 Å². The summed E-state index contributed by atoms with van der Waals surface area (Å²) in [6.07, 6.45) is -2.71. The van der Waals surface area contributed by atoms with E-state index in [0.29, 0.717) is 31.4 Å². The quantitative estimate of drug-likeness (QED) is 0.0616. The third kappa shape index (κ3) is 9.76. The van der Waals surface area contributed by atoms with Crippen LogP contribution in [0.4, 0.5) is 26.3 Å². The fourth-order valence-corrected chi connectivity index (χ4v) is 6.89. The summed E-state index contributed by atoms with van der Waals surface area (Å²) >= 11 is 0. The number of esters is 2. The molecular weight excluding hydrogens is 692 g/mol. The monoisotopic (exact) mass is 743 g/mol. The first kappa shape index (κ1) is 43.0. The molecule has 2 aromatic rings. The maximum absolute atomic E-state index is 14.8. The van der Waals surface area contributed by atoms with Gasteiger partial charge in [0.2, 0.25) is 0 Å². The molecule has 0 aromatic heterocycles. The smallest absolute Gasteiger partial charge is 0.432 e. The van der Waals surface area contributed by atoms with Gasteiger partial charge in [-0.25, -0.2) is 9.59 Å². The molecule has 0 unspecified atom stereocenters. The van der Waals surface area contributed by atoms with Gasteiger partial charge in [-0.15, -0.1) is 0 Å². The number of nitrogens with zero attached hydrogens (tertiary/aromatic N) is 1. The summed E-state index contributed by atoms with van der Waals surface area (Å²) in [7, 11) is 1.60. The highest BCUT2D eigenvalue weighted by atomic mass is 19.4. The number of methoxy groups -OCH3 is 2. The number of hydrogen-bond donors (Lipinski definition) is 0. The van der Waals surface area contributed by atoms with Gasteiger partial charge >= 0.3 is 24.3 Å². The van der Waals surface area contributed by atoms with Gasteiger partial charge in [-0.2, -0.15) is 26.3 Å². The zero-order chi connectivity index (χ0) is 38.6. The standard InChI is InChI=1S/C39H51F6NO6/c1-6-7-8-9-10-13-19-28(2)33(52-35(48)37(50-5,39(43,44)45)31-22-16-12-17-23-31)29(3)26-46-25-18-24-32(46)27-51-34(47)36(49-4,38(40,41)42)30-20-14-11-15-21-30/h11-12,14-17,19-23,29,32-33H,6-10,13,18,24-27H2,1-5H3/b28-19+/t29-,32-,33+,36-,37-/m0/s1. The maximum atomic E-state index is 14.8. The van der Waals surface area contributed by atoms with E-state index in [9.17, 15) is 35.9 Å². The molecule has 1 aliphatic heterocycles. The highest BCUT2D eigenvalue weighted by Gasteiger charge is 2.65. The molecule has 0 bridgehead atoms. The molecule has 52 heavy (non-hydrogen) atoms. The number of halogens is 6. The summed E-state index contributed by atoms with van der Waals surface area (Å²) < 4.78 is 109. The van der Waals surface area contributed by atoms with Crippen LogP contribution in [0.25, 0.3) is 0 Å². The maximum Gasteiger partial charge on any atom is 0.432 e. The van der Waals surface area contributed by atoms with Crippen molar-refractivity contribution in [2.75, 3.05) is 33.9 Å². The molecular formula is C39H51F6NO6. The van der Waals surface area contributed by atoms with Gasteiger partial charge in [0.15, 0.2) is 0 Å². The summed E-state index contributed by atoms with van der Waals surface area (Å²) in [5, 5.41) is 0. The molecule has 0 amide bonds. The van der Waals surface area contributed by atoms with Crippen molar-refractivity contribution in [2.24, 2.45) is 5.92 Å². The van der Waals surface area contributed by atoms with Crippen molar-refractivity contribution < 1.29 is 54.9 Å². The molecule has 3 rings (SSSR count). The number of ether oxygens (including phenoxy) is 4. The van der Waals surface area contributed by atoms with Gasteiger partial charge in [-0.1, -0.05) is 106 Å². The van der Waals surface area contributed by atoms with E-state index in [-0.39, 0.29) is 13.2 Å². The van der Waals surface area contributed by atoms with Gasteiger partial charge < -0.3 is 18.9 Å². The van der Waals surface area contributed by atoms with Crippen LogP contribution in [0.2, 0.25) is 0 Å². The van der Waals surface area contributed by atoms with E-state index in [1.807, 2.05) is 11.0 Å². The summed E-state index contributed by atoms with van der Waals surface area (Å²) in [5.41, 5.74) is -7.01. The Bertz CT molecular complexity index is 1440. The van der Waals surface area contributed by atoms with Crippen LogP contribution in [0.5, 0.6) is 0 Å². The number of allylic oxidation sites excluding steroid dienone is 1. The van der Waals surface area contributed by atoms with Crippen molar-refractivity contribution in [3.8, 4) is 0 Å². The normalized spacial score (nSPS) is 19.4. The predicted octanol–water partition coefficient (Wildman–Crippen LogP) is 9.06. The van der Waals surface area contributed by atoms with Crippen LogP contribution >= 0.6 is 0 Å². The lowest BCUT2D eigenvalue weighted by molar-refractivity contribution is -0.279. The molecule has 1 aliphatic rings. The predicted molar refractivity (Wildman–Crippen MR) is 184 cm³/mol. The van der Waals surface area contributed by atoms with E-state index >= 15 is 0 Å². The van der Waals surface area contributed by atoms with Crippen molar-refractivity contribution in [1.82, 2.24) is 4.90 Å². The summed E-state index contributed by atoms with van der Waals surface area (Å²) in [4.78, 5) is 28.8. The first-order chi connectivity index (χ1) is 24.6. The molecule has 0 saturated carbocycles. The molecule has 290 valence electrons. The minimum absolute atomic E-state index is 0.187. The fourth-order valence-electron chi connectivity index (χ4n) is 6.89. The molecule has 2 aromatic carbocycles. The summed E-state index contributed by atoms with van der Waals surface area (Å²) in [5.74, 6) is -3.80. The fraction of sp³-hybridized carbons (Fsp3) is 0.590. The Morgan fingerprint density at radius 1 is 0.827 bits per heavy atom. The van der Waals surface area contributed by atoms with Crippen molar-refractivity contribution >= 4 is 11.9 Å². The molecule has 7 nitrogen and oxygen atoms in total. The number of benzene rings is 2. The highest BCUT2D eigenvalue weighted by Crippen LogP contribution is 2.45. The molecule has 1 saturated heterocycles. The number of alkyl halides is 6. The van der Waals surface area contributed by atoms with Gasteiger partial charge in [0.1, 0.15) is 12.7 Å². The number of rotatable bonds is 19. The minimum Gasteiger partial charge on any atom is -0.461 e. The summed E-state index contributed by atoms with van der Waals surface area (Å²) in [6, 6.07) is 12.6. The molecule has 0 N–H and O–H groups in total. The second-order valence-corrected chi connectivity index (χ2v) is 13.3. The van der Waals surface area contributed by atoms with E-state index < -0.39 is 64.7 Å². The average Bonchev–Trinajstić information content (AvgIpc) is 3.55. The first-order valence-corrected chi connectivity index (χ1v) is 17.7. The molecule has 1 heterocycles. The van der Waals surface area contributed by atoms with Crippen molar-refractivity contribution in [3.63, 3.8) is 0 Å². The Balaban J connectivity index is 1.86. The average molecular weight is 744 g/mol. The van der Waals surface area contributed by atoms with E-state index in [0.717, 1.165) is 70.6 Å². The second-order valence-electron chi connectivity index (χ2n) is 13.3. The summed E-state index contributed by atoms with van der Waals surface area (Å²) in [6.45, 7) is 5.83. The van der Waals surface area contributed by atoms with Crippen LogP contribution in [0.1, 0.15) is 83.3 Å². The largest absolute Gasteiger partial charge is 0.461 e. The minimum atomic E-state index is -5.16. The number of carbonyl (C=O) groups is 2. The zero-order valence-corrected chi connectivity index (χ0v) is 30.5. The molecule has 0 radical (unpaired) electrons. The van der Waals surface area contributed by atoms with E-state index in [2.05, 4.69) is 6.92 Å². The van der Waals surface area contributed by atoms with E-state index in [4.69, 9.17) is 18.9 Å². The SMILES string of the molecule is CCCCCCC/C=C(\C)[C@@H](OC(=O)[C@@](OC)(c1ccccc1)C(F)(F)F)[C@@H](C)CN1CCC[C@H]1COC(=O)[C@@](OC)(c1ccccc1)C(F)(F)F. The third-order valence-electron chi connectivity index (χ3n) is 9.75. The Morgan fingerprint density at radius 3 is 1.85 bits per heavy atom. The van der Waals surface area contributed by atoms with Crippen LogP contribution in [0.3, 0.4) is 0 Å². The van der Waals surface area contributed by atoms with Crippen molar-refractivity contribution in [2.45, 2.75) is 108 Å². The second kappa shape index (κ2) is 19.1. The number of unbranched alkanes of at least 4 members (excludes halogenated alkanes) is 5. The topological polar surface area (TPSA) is 74.3 Å². The van der Waals surface area contributed by atoms with Gasteiger partial charge in [0, 0.05) is 43.9 Å². The van der Waals surface area contributed by atoms with Gasteiger partial charge in [0.25, 0.3) is 11.2 Å². The van der Waals surface area contributed by atoms with Gasteiger partial charge in [0.05, 0.1) is 0 Å². The Kier molecular flexibility index (Phi) is 15.8. The molecule has 5 atom stereocenters. The highest BCUT2D eigenvalue weighted by molar-refractivity contribution is 5.83. The van der Waals surface area contributed by atoms with Crippen molar-refractivity contribution in [1.29, 1.82) is 0 Å². The van der Waals surface area contributed by atoms with Crippen LogP contribution in [-0.4, -0.2) is 75.3 Å². The Morgan fingerprint density at radius 2 is 1.35 bits per heavy atom. The Hall–Kier alpha value is -3.42. The van der Waals surface area contributed by atoms with E-state index in [1.54, 1.807) is 13.8 Å². The van der Waals surface area contributed by atoms with Crippen molar-refractivity contribution in [3.05, 3.63) is 83.4 Å². The third-order valence-corrected chi connectivity index (χ3v) is 9.75. The molecule has 0 aliphatic carbocycles. The van der Waals surface area contributed by atoms with Crippen LogP contribution in [0, 0.1) is 5.92 Å². The lowest BCUT2D eigenvalue weighted by Crippen LogP contribution is -2.53. The number of likely N-dealkylation sites (tertiary alicyclic amines) is 1. The van der Waals surface area contributed by atoms with E-state index in [1.165, 1.54) is 36.4 Å². The number of carbonyl (C=O) groups excluding carboxylic acids is 2. The van der Waals surface area contributed by atoms with Crippen LogP contribution < -0.4 is 0 Å². The molecule has 1 fully saturated rings. The molecule has 13 heteroatoms. The first-order valence-electron chi connectivity index (χ1n) is 17.7.